The summed E-state index contributed by atoms with van der Waals surface area (Å²) in [6.07, 6.45) is 6.77. The van der Waals surface area contributed by atoms with E-state index >= 15 is 0 Å². The molecule has 0 spiro atoms. The predicted molar refractivity (Wildman–Crippen MR) is 100 cm³/mol. The molecule has 1 aliphatic rings. The smallest absolute Gasteiger partial charge is 0.317 e. The molecule has 0 bridgehead atoms. The molecule has 1 aliphatic heterocycles. The van der Waals surface area contributed by atoms with Gasteiger partial charge in [0.1, 0.15) is 17.6 Å². The van der Waals surface area contributed by atoms with E-state index in [4.69, 9.17) is 14.1 Å². The number of urea groups is 1. The van der Waals surface area contributed by atoms with E-state index in [0.717, 1.165) is 35.4 Å². The molecule has 1 saturated heterocycles. The number of hydrogen-bond donors (Lipinski definition) is 1. The molecule has 1 unspecified atom stereocenters. The molecule has 0 saturated carbocycles. The number of carbonyl (C=O) groups excluding carboxylic acids is 1. The summed E-state index contributed by atoms with van der Waals surface area (Å²) in [5, 5.41) is 2.96. The monoisotopic (exact) mass is 369 g/mol. The fourth-order valence-electron chi connectivity index (χ4n) is 3.53. The van der Waals surface area contributed by atoms with Crippen LogP contribution in [0.4, 0.5) is 4.79 Å². The zero-order chi connectivity index (χ0) is 18.6. The van der Waals surface area contributed by atoms with Crippen LogP contribution in [0.3, 0.4) is 0 Å². The van der Waals surface area contributed by atoms with Gasteiger partial charge in [0.25, 0.3) is 0 Å². The number of amides is 2. The molecule has 3 aromatic rings. The number of rotatable bonds is 6. The molecule has 8 nitrogen and oxygen atoms in total. The zero-order valence-electron chi connectivity index (χ0n) is 15.3. The number of fused-ring (bicyclic) bond motifs is 1. The van der Waals surface area contributed by atoms with Crippen LogP contribution in [0.25, 0.3) is 22.6 Å². The summed E-state index contributed by atoms with van der Waals surface area (Å²) in [6.45, 7) is 2.59. The number of hydrogen-bond acceptors (Lipinski definition) is 5. The third kappa shape index (κ3) is 3.52. The van der Waals surface area contributed by atoms with Crippen LogP contribution in [0.15, 0.2) is 41.3 Å². The second-order valence-electron chi connectivity index (χ2n) is 6.63. The molecule has 0 aliphatic carbocycles. The minimum absolute atomic E-state index is 0.0316. The first kappa shape index (κ1) is 17.5. The lowest BCUT2D eigenvalue weighted by Gasteiger charge is -2.19. The second kappa shape index (κ2) is 7.79. The number of pyridine rings is 1. The van der Waals surface area contributed by atoms with Crippen molar-refractivity contribution < 1.29 is 13.9 Å². The van der Waals surface area contributed by atoms with Crippen LogP contribution in [-0.2, 0) is 4.74 Å². The highest BCUT2D eigenvalue weighted by molar-refractivity contribution is 5.77. The quantitative estimate of drug-likeness (QED) is 0.675. The maximum absolute atomic E-state index is 12.4. The lowest BCUT2D eigenvalue weighted by Crippen LogP contribution is -2.39. The predicted octanol–water partition coefficient (Wildman–Crippen LogP) is 2.68. The van der Waals surface area contributed by atoms with Crippen LogP contribution in [0.2, 0.25) is 0 Å². The highest BCUT2D eigenvalue weighted by Crippen LogP contribution is 2.32. The molecule has 1 fully saturated rings. The third-order valence-corrected chi connectivity index (χ3v) is 4.85. The molecule has 4 heterocycles. The topological polar surface area (TPSA) is 85.4 Å². The molecule has 142 valence electrons. The largest absolute Gasteiger partial charge is 0.472 e. The normalized spacial score (nSPS) is 16.9. The number of aromatic nitrogens is 3. The van der Waals surface area contributed by atoms with Crippen molar-refractivity contribution in [2.75, 3.05) is 33.4 Å². The number of carbonyl (C=O) groups is 1. The summed E-state index contributed by atoms with van der Waals surface area (Å²) >= 11 is 0. The standard InChI is InChI=1S/C19H23N5O3/c1-26-10-3-8-21-19(25)23-9-5-15(12-23)24-17(14-6-11-27-13-14)22-16-4-2-7-20-18(16)24/h2,4,6-7,11,13,15H,3,5,8-10,12H2,1H3,(H,21,25). The van der Waals surface area contributed by atoms with Gasteiger partial charge in [0.15, 0.2) is 5.65 Å². The maximum Gasteiger partial charge on any atom is 0.317 e. The fraction of sp³-hybridized carbons (Fsp3) is 0.421. The van der Waals surface area contributed by atoms with E-state index in [9.17, 15) is 4.79 Å². The number of furan rings is 1. The van der Waals surface area contributed by atoms with Crippen molar-refractivity contribution in [3.63, 3.8) is 0 Å². The van der Waals surface area contributed by atoms with E-state index < -0.39 is 0 Å². The summed E-state index contributed by atoms with van der Waals surface area (Å²) in [7, 11) is 1.66. The van der Waals surface area contributed by atoms with Crippen molar-refractivity contribution in [2.24, 2.45) is 0 Å². The van der Waals surface area contributed by atoms with Gasteiger partial charge in [0.2, 0.25) is 0 Å². The SMILES string of the molecule is COCCCNC(=O)N1CCC(n2c(-c3ccoc3)nc3cccnc32)C1. The molecular weight excluding hydrogens is 346 g/mol. The summed E-state index contributed by atoms with van der Waals surface area (Å²) in [5.74, 6) is 0.824. The lowest BCUT2D eigenvalue weighted by molar-refractivity contribution is 0.188. The Kier molecular flexibility index (Phi) is 5.06. The summed E-state index contributed by atoms with van der Waals surface area (Å²) in [5.41, 5.74) is 2.59. The summed E-state index contributed by atoms with van der Waals surface area (Å²) in [4.78, 5) is 23.6. The van der Waals surface area contributed by atoms with Crippen LogP contribution in [0.5, 0.6) is 0 Å². The van der Waals surface area contributed by atoms with Crippen molar-refractivity contribution in [3.05, 3.63) is 36.9 Å². The van der Waals surface area contributed by atoms with E-state index in [-0.39, 0.29) is 12.1 Å². The molecule has 1 atom stereocenters. The average Bonchev–Trinajstić information content (AvgIpc) is 3.43. The Labute approximate surface area is 157 Å². The van der Waals surface area contributed by atoms with Gasteiger partial charge in [0.05, 0.1) is 17.9 Å². The van der Waals surface area contributed by atoms with Crippen LogP contribution >= 0.6 is 0 Å². The van der Waals surface area contributed by atoms with Gasteiger partial charge in [-0.1, -0.05) is 0 Å². The van der Waals surface area contributed by atoms with Crippen LogP contribution in [-0.4, -0.2) is 58.8 Å². The van der Waals surface area contributed by atoms with E-state index in [2.05, 4.69) is 14.9 Å². The van der Waals surface area contributed by atoms with Crippen LogP contribution < -0.4 is 5.32 Å². The highest BCUT2D eigenvalue weighted by Gasteiger charge is 2.30. The molecular formula is C19H23N5O3. The Morgan fingerprint density at radius 1 is 1.44 bits per heavy atom. The number of likely N-dealkylation sites (tertiary alicyclic amines) is 1. The van der Waals surface area contributed by atoms with Crippen molar-refractivity contribution >= 4 is 17.2 Å². The Morgan fingerprint density at radius 2 is 2.37 bits per heavy atom. The number of imidazole rings is 1. The summed E-state index contributed by atoms with van der Waals surface area (Å²) < 4.78 is 12.4. The van der Waals surface area contributed by atoms with Gasteiger partial charge >= 0.3 is 6.03 Å². The molecule has 0 radical (unpaired) electrons. The molecule has 8 heteroatoms. The molecule has 1 N–H and O–H groups in total. The van der Waals surface area contributed by atoms with Crippen LogP contribution in [0, 0.1) is 0 Å². The molecule has 27 heavy (non-hydrogen) atoms. The first-order chi connectivity index (χ1) is 13.3. The van der Waals surface area contributed by atoms with E-state index in [1.165, 1.54) is 0 Å². The van der Waals surface area contributed by atoms with Gasteiger partial charge in [0, 0.05) is 39.5 Å². The van der Waals surface area contributed by atoms with Crippen molar-refractivity contribution in [1.82, 2.24) is 24.8 Å². The fourth-order valence-corrected chi connectivity index (χ4v) is 3.53. The number of ether oxygens (including phenoxy) is 1. The highest BCUT2D eigenvalue weighted by atomic mass is 16.5. The van der Waals surface area contributed by atoms with Gasteiger partial charge in [-0.05, 0) is 31.0 Å². The third-order valence-electron chi connectivity index (χ3n) is 4.85. The van der Waals surface area contributed by atoms with Gasteiger partial charge < -0.3 is 23.9 Å². The number of nitrogens with one attached hydrogen (secondary N) is 1. The molecule has 4 rings (SSSR count). The number of methoxy groups -OCH3 is 1. The lowest BCUT2D eigenvalue weighted by atomic mass is 10.2. The van der Waals surface area contributed by atoms with Crippen molar-refractivity contribution in [1.29, 1.82) is 0 Å². The first-order valence-electron chi connectivity index (χ1n) is 9.15. The van der Waals surface area contributed by atoms with E-state index in [0.29, 0.717) is 26.2 Å². The Hall–Kier alpha value is -2.87. The molecule has 0 aromatic carbocycles. The first-order valence-corrected chi connectivity index (χ1v) is 9.15. The summed E-state index contributed by atoms with van der Waals surface area (Å²) in [6, 6.07) is 5.83. The zero-order valence-corrected chi connectivity index (χ0v) is 15.3. The van der Waals surface area contributed by atoms with Gasteiger partial charge in [-0.3, -0.25) is 0 Å². The average molecular weight is 369 g/mol. The maximum atomic E-state index is 12.4. The Morgan fingerprint density at radius 3 is 3.19 bits per heavy atom. The van der Waals surface area contributed by atoms with E-state index in [1.807, 2.05) is 23.1 Å². The van der Waals surface area contributed by atoms with Crippen molar-refractivity contribution in [3.8, 4) is 11.4 Å². The molecule has 2 amide bonds. The van der Waals surface area contributed by atoms with Gasteiger partial charge in [-0.15, -0.1) is 0 Å². The second-order valence-corrected chi connectivity index (χ2v) is 6.63. The minimum Gasteiger partial charge on any atom is -0.472 e. The Bertz CT molecular complexity index is 905. The van der Waals surface area contributed by atoms with Crippen molar-refractivity contribution in [2.45, 2.75) is 18.9 Å². The van der Waals surface area contributed by atoms with Crippen LogP contribution in [0.1, 0.15) is 18.9 Å². The van der Waals surface area contributed by atoms with Gasteiger partial charge in [-0.2, -0.15) is 0 Å². The number of nitrogens with zero attached hydrogens (tertiary/aromatic N) is 4. The Balaban J connectivity index is 1.55. The minimum atomic E-state index is -0.0316. The van der Waals surface area contributed by atoms with Gasteiger partial charge in [-0.25, -0.2) is 14.8 Å². The molecule has 3 aromatic heterocycles. The van der Waals surface area contributed by atoms with E-state index in [1.54, 1.807) is 25.8 Å².